The summed E-state index contributed by atoms with van der Waals surface area (Å²) in [5.41, 5.74) is 11.7. The summed E-state index contributed by atoms with van der Waals surface area (Å²) in [6, 6.07) is 12.9. The Morgan fingerprint density at radius 3 is 2.79 bits per heavy atom. The number of aromatic nitrogens is 2. The Labute approximate surface area is 192 Å². The van der Waals surface area contributed by atoms with Gasteiger partial charge in [0.25, 0.3) is 0 Å². The Bertz CT molecular complexity index is 1230. The second-order valence-electron chi connectivity index (χ2n) is 8.83. The first kappa shape index (κ1) is 21.6. The number of nitrogens with one attached hydrogen (secondary N) is 2. The highest BCUT2D eigenvalue weighted by Gasteiger charge is 2.36. The van der Waals surface area contributed by atoms with Gasteiger partial charge in [-0.1, -0.05) is 43.3 Å². The van der Waals surface area contributed by atoms with Crippen LogP contribution in [0.25, 0.3) is 0 Å². The molecule has 0 radical (unpaired) electrons. The zero-order valence-electron chi connectivity index (χ0n) is 18.4. The summed E-state index contributed by atoms with van der Waals surface area (Å²) in [5.74, 6) is 1.34. The van der Waals surface area contributed by atoms with Crippen molar-refractivity contribution < 1.29 is 14.8 Å². The van der Waals surface area contributed by atoms with E-state index < -0.39 is 13.0 Å². The second-order valence-corrected chi connectivity index (χ2v) is 8.83. The molecule has 1 aromatic heterocycles. The molecule has 2 aliphatic rings. The Morgan fingerprint density at radius 1 is 1.18 bits per heavy atom. The summed E-state index contributed by atoms with van der Waals surface area (Å²) >= 11 is 0. The first-order chi connectivity index (χ1) is 15.9. The molecule has 0 spiro atoms. The van der Waals surface area contributed by atoms with Crippen LogP contribution in [0.2, 0.25) is 0 Å². The van der Waals surface area contributed by atoms with Crippen LogP contribution >= 0.6 is 0 Å². The highest BCUT2D eigenvalue weighted by atomic mass is 16.4. The van der Waals surface area contributed by atoms with E-state index in [2.05, 4.69) is 17.6 Å². The number of hydrogen-bond acceptors (Lipinski definition) is 7. The van der Waals surface area contributed by atoms with Gasteiger partial charge < -0.3 is 26.4 Å². The number of carbonyl (C=O) groups excluding carboxylic acids is 1. The van der Waals surface area contributed by atoms with Gasteiger partial charge in [0.2, 0.25) is 5.91 Å². The first-order valence-electron chi connectivity index (χ1n) is 11.1. The fourth-order valence-corrected chi connectivity index (χ4v) is 5.02. The number of primary amides is 1. The third kappa shape index (κ3) is 3.99. The number of carbonyl (C=O) groups is 1. The molecule has 1 amide bonds. The van der Waals surface area contributed by atoms with Crippen molar-refractivity contribution in [1.29, 1.82) is 0 Å². The topological polar surface area (TPSA) is 133 Å². The largest absolute Gasteiger partial charge is 0.488 e. The van der Waals surface area contributed by atoms with Crippen LogP contribution in [-0.4, -0.2) is 33.0 Å². The molecule has 8 nitrogen and oxygen atoms in total. The van der Waals surface area contributed by atoms with Gasteiger partial charge >= 0.3 is 7.12 Å². The van der Waals surface area contributed by atoms with Gasteiger partial charge in [-0.15, -0.1) is 0 Å². The van der Waals surface area contributed by atoms with E-state index in [0.29, 0.717) is 30.7 Å². The summed E-state index contributed by atoms with van der Waals surface area (Å²) in [6.07, 6.45) is 0.761. The van der Waals surface area contributed by atoms with Gasteiger partial charge in [-0.2, -0.15) is 0 Å². The fourth-order valence-electron chi connectivity index (χ4n) is 5.02. The average Bonchev–Trinajstić information content (AvgIpc) is 3.40. The molecule has 2 heterocycles. The van der Waals surface area contributed by atoms with Gasteiger partial charge in [0.05, 0.1) is 5.69 Å². The molecule has 33 heavy (non-hydrogen) atoms. The van der Waals surface area contributed by atoms with Crippen LogP contribution in [-0.2, 0) is 26.1 Å². The minimum atomic E-state index is -1.50. The van der Waals surface area contributed by atoms with E-state index in [1.807, 2.05) is 18.2 Å². The van der Waals surface area contributed by atoms with Crippen LogP contribution < -0.4 is 21.8 Å². The molecule has 9 heteroatoms. The van der Waals surface area contributed by atoms with Crippen LogP contribution in [0, 0.1) is 5.92 Å². The van der Waals surface area contributed by atoms with E-state index in [4.69, 9.17) is 15.7 Å². The smallest absolute Gasteiger partial charge is 0.423 e. The molecule has 0 saturated carbocycles. The molecular formula is C24H26BN5O3. The number of nitrogens with zero attached hydrogens (tertiary/aromatic N) is 2. The van der Waals surface area contributed by atoms with Gasteiger partial charge in [-0.25, -0.2) is 9.97 Å². The maximum atomic E-state index is 11.9. The van der Waals surface area contributed by atoms with Crippen molar-refractivity contribution in [3.8, 4) is 0 Å². The number of benzene rings is 2. The van der Waals surface area contributed by atoms with Crippen molar-refractivity contribution >= 4 is 24.3 Å². The highest BCUT2D eigenvalue weighted by molar-refractivity contribution is 6.58. The standard InChI is InChI=1S/C24H26BN5O3/c1-13-8-18-16(6-3-7-17(18)22(26)31)21(13)24-29-20-12-27-11-19(20)23(30-24)28-10-14-4-2-5-15(9-14)25(32)33/h2-7,9,13,21,27,32-33H,8,10-12H2,1H3,(H2,26,31)(H,28,29,30). The molecule has 0 saturated heterocycles. The molecule has 6 N–H and O–H groups in total. The number of amides is 1. The van der Waals surface area contributed by atoms with E-state index in [1.165, 1.54) is 0 Å². The van der Waals surface area contributed by atoms with Gasteiger partial charge in [0.1, 0.15) is 11.6 Å². The minimum absolute atomic E-state index is 0.0152. The minimum Gasteiger partial charge on any atom is -0.423 e. The van der Waals surface area contributed by atoms with E-state index >= 15 is 0 Å². The Kier molecular flexibility index (Phi) is 5.61. The molecule has 168 valence electrons. The molecule has 1 aliphatic heterocycles. The van der Waals surface area contributed by atoms with E-state index in [9.17, 15) is 14.8 Å². The lowest BCUT2D eigenvalue weighted by Gasteiger charge is -2.19. The second kappa shape index (κ2) is 8.59. The molecule has 1 aliphatic carbocycles. The lowest BCUT2D eigenvalue weighted by molar-refractivity contribution is 0.0999. The molecule has 2 atom stereocenters. The van der Waals surface area contributed by atoms with Crippen molar-refractivity contribution in [3.05, 3.63) is 81.8 Å². The predicted octanol–water partition coefficient (Wildman–Crippen LogP) is 0.795. The van der Waals surface area contributed by atoms with Crippen molar-refractivity contribution in [2.24, 2.45) is 11.7 Å². The zero-order valence-corrected chi connectivity index (χ0v) is 18.4. The van der Waals surface area contributed by atoms with Gasteiger partial charge in [0, 0.05) is 36.7 Å². The summed E-state index contributed by atoms with van der Waals surface area (Å²) < 4.78 is 0. The van der Waals surface area contributed by atoms with Crippen molar-refractivity contribution in [2.75, 3.05) is 5.32 Å². The highest BCUT2D eigenvalue weighted by Crippen LogP contribution is 2.43. The van der Waals surface area contributed by atoms with Gasteiger partial charge in [-0.3, -0.25) is 4.79 Å². The molecule has 0 fully saturated rings. The van der Waals surface area contributed by atoms with E-state index in [-0.39, 0.29) is 11.8 Å². The molecule has 0 bridgehead atoms. The molecule has 2 aromatic carbocycles. The molecule has 3 aromatic rings. The SMILES string of the molecule is CC1Cc2c(C(N)=O)cccc2C1c1nc2c(c(NCc3cccc(B(O)O)c3)n1)CNC2. The Balaban J connectivity index is 1.49. The number of anilines is 1. The van der Waals surface area contributed by atoms with Crippen LogP contribution in [0.15, 0.2) is 42.5 Å². The predicted molar refractivity (Wildman–Crippen MR) is 126 cm³/mol. The summed E-state index contributed by atoms with van der Waals surface area (Å²) in [7, 11) is -1.50. The van der Waals surface area contributed by atoms with E-state index in [1.54, 1.807) is 24.3 Å². The quantitative estimate of drug-likeness (QED) is 0.356. The van der Waals surface area contributed by atoms with Crippen molar-refractivity contribution in [2.45, 2.75) is 38.9 Å². The number of nitrogens with two attached hydrogens (primary N) is 1. The summed E-state index contributed by atoms with van der Waals surface area (Å²) in [6.45, 7) is 4.02. The van der Waals surface area contributed by atoms with Crippen LogP contribution in [0.4, 0.5) is 5.82 Å². The van der Waals surface area contributed by atoms with E-state index in [0.717, 1.165) is 46.0 Å². The fraction of sp³-hybridized carbons (Fsp3) is 0.292. The lowest BCUT2D eigenvalue weighted by Crippen LogP contribution is -2.30. The maximum absolute atomic E-state index is 11.9. The maximum Gasteiger partial charge on any atom is 0.488 e. The lowest BCUT2D eigenvalue weighted by atomic mass is 9.79. The normalized spacial score (nSPS) is 18.6. The van der Waals surface area contributed by atoms with Crippen LogP contribution in [0.1, 0.15) is 57.0 Å². The first-order valence-corrected chi connectivity index (χ1v) is 11.1. The molecule has 2 unspecified atom stereocenters. The van der Waals surface area contributed by atoms with Crippen molar-refractivity contribution in [1.82, 2.24) is 15.3 Å². The van der Waals surface area contributed by atoms with Crippen LogP contribution in [0.3, 0.4) is 0 Å². The summed E-state index contributed by atoms with van der Waals surface area (Å²) in [4.78, 5) is 21.8. The third-order valence-corrected chi connectivity index (χ3v) is 6.60. The third-order valence-electron chi connectivity index (χ3n) is 6.60. The zero-order chi connectivity index (χ0) is 23.1. The average molecular weight is 443 g/mol. The summed E-state index contributed by atoms with van der Waals surface area (Å²) in [5, 5.41) is 25.7. The van der Waals surface area contributed by atoms with Gasteiger partial charge in [-0.05, 0) is 40.6 Å². The van der Waals surface area contributed by atoms with Gasteiger partial charge in [0.15, 0.2) is 0 Å². The molecule has 5 rings (SSSR count). The Morgan fingerprint density at radius 2 is 2.00 bits per heavy atom. The molecular weight excluding hydrogens is 417 g/mol. The van der Waals surface area contributed by atoms with Crippen molar-refractivity contribution in [3.63, 3.8) is 0 Å². The number of hydrogen-bond donors (Lipinski definition) is 5. The van der Waals surface area contributed by atoms with Crippen LogP contribution in [0.5, 0.6) is 0 Å². The Hall–Kier alpha value is -3.27. The number of fused-ring (bicyclic) bond motifs is 2. The number of rotatable bonds is 6. The monoisotopic (exact) mass is 443 g/mol.